The molecule has 3 saturated heterocycles. The van der Waals surface area contributed by atoms with Crippen molar-refractivity contribution in [3.8, 4) is 0 Å². The number of nitrogens with zero attached hydrogens (tertiary/aromatic N) is 3. The average molecular weight is 289 g/mol. The van der Waals surface area contributed by atoms with E-state index in [0.717, 1.165) is 0 Å². The van der Waals surface area contributed by atoms with E-state index in [2.05, 4.69) is 10.6 Å². The predicted molar refractivity (Wildman–Crippen MR) is 68.8 cm³/mol. The maximum atomic E-state index is 12.5. The fourth-order valence-corrected chi connectivity index (χ4v) is 4.47. The second-order valence-corrected chi connectivity index (χ2v) is 6.98. The maximum absolute atomic E-state index is 12.5. The third-order valence-corrected chi connectivity index (χ3v) is 5.93. The van der Waals surface area contributed by atoms with E-state index in [1.54, 1.807) is 4.90 Å². The van der Waals surface area contributed by atoms with E-state index < -0.39 is 10.2 Å². The van der Waals surface area contributed by atoms with Crippen LogP contribution in [0.25, 0.3) is 0 Å². The highest BCUT2D eigenvalue weighted by Gasteiger charge is 2.41. The highest BCUT2D eigenvalue weighted by Crippen LogP contribution is 2.19. The van der Waals surface area contributed by atoms with E-state index in [0.29, 0.717) is 52.4 Å². The fourth-order valence-electron chi connectivity index (χ4n) is 2.82. The van der Waals surface area contributed by atoms with Crippen molar-refractivity contribution in [3.05, 3.63) is 0 Å². The summed E-state index contributed by atoms with van der Waals surface area (Å²) in [5.41, 5.74) is 0. The molecule has 3 aliphatic heterocycles. The molecule has 9 heteroatoms. The molecule has 0 radical (unpaired) electrons. The van der Waals surface area contributed by atoms with Gasteiger partial charge in [-0.25, -0.2) is 4.79 Å². The Kier molecular flexibility index (Phi) is 3.37. The van der Waals surface area contributed by atoms with Gasteiger partial charge in [-0.3, -0.25) is 0 Å². The van der Waals surface area contributed by atoms with Crippen LogP contribution in [0.1, 0.15) is 0 Å². The van der Waals surface area contributed by atoms with Crippen molar-refractivity contribution >= 4 is 16.2 Å². The first-order valence-electron chi connectivity index (χ1n) is 6.59. The van der Waals surface area contributed by atoms with Crippen molar-refractivity contribution in [3.63, 3.8) is 0 Å². The van der Waals surface area contributed by atoms with Crippen LogP contribution in [0.5, 0.6) is 0 Å². The lowest BCUT2D eigenvalue weighted by Gasteiger charge is -2.39. The molecule has 2 amide bonds. The van der Waals surface area contributed by atoms with E-state index in [-0.39, 0.29) is 12.1 Å². The lowest BCUT2D eigenvalue weighted by Crippen LogP contribution is -2.58. The monoisotopic (exact) mass is 289 g/mol. The van der Waals surface area contributed by atoms with Gasteiger partial charge in [0.05, 0.1) is 6.04 Å². The number of amides is 2. The minimum atomic E-state index is -3.38. The Bertz CT molecular complexity index is 462. The number of hydrogen-bond donors (Lipinski definition) is 2. The Balaban J connectivity index is 1.70. The number of hydrogen-bond acceptors (Lipinski definition) is 4. The average Bonchev–Trinajstić information content (AvgIpc) is 2.81. The van der Waals surface area contributed by atoms with Crippen molar-refractivity contribution in [2.75, 3.05) is 52.4 Å². The molecular formula is C10H19N5O3S. The zero-order valence-electron chi connectivity index (χ0n) is 10.7. The lowest BCUT2D eigenvalue weighted by molar-refractivity contribution is 0.159. The number of rotatable bonds is 2. The molecule has 0 aromatic heterocycles. The summed E-state index contributed by atoms with van der Waals surface area (Å²) in [5, 5.41) is 5.90. The first-order chi connectivity index (χ1) is 9.09. The van der Waals surface area contributed by atoms with Crippen molar-refractivity contribution in [1.29, 1.82) is 0 Å². The van der Waals surface area contributed by atoms with Crippen LogP contribution in [0.4, 0.5) is 4.79 Å². The molecule has 3 rings (SSSR count). The van der Waals surface area contributed by atoms with E-state index in [1.807, 2.05) is 0 Å². The third kappa shape index (κ3) is 2.31. The van der Waals surface area contributed by atoms with Crippen LogP contribution in [0.3, 0.4) is 0 Å². The Morgan fingerprint density at radius 2 is 1.79 bits per heavy atom. The van der Waals surface area contributed by atoms with Gasteiger partial charge in [-0.15, -0.1) is 0 Å². The van der Waals surface area contributed by atoms with E-state index in [4.69, 9.17) is 0 Å². The van der Waals surface area contributed by atoms with Crippen LogP contribution in [0.15, 0.2) is 0 Å². The summed E-state index contributed by atoms with van der Waals surface area (Å²) in [7, 11) is -3.38. The summed E-state index contributed by atoms with van der Waals surface area (Å²) in [5.74, 6) is 0. The van der Waals surface area contributed by atoms with Crippen molar-refractivity contribution in [1.82, 2.24) is 24.1 Å². The Morgan fingerprint density at radius 1 is 1.05 bits per heavy atom. The van der Waals surface area contributed by atoms with Gasteiger partial charge in [0.15, 0.2) is 0 Å². The first kappa shape index (κ1) is 13.1. The molecular weight excluding hydrogens is 270 g/mol. The lowest BCUT2D eigenvalue weighted by atomic mass is 10.2. The molecule has 108 valence electrons. The van der Waals surface area contributed by atoms with Crippen molar-refractivity contribution < 1.29 is 13.2 Å². The summed E-state index contributed by atoms with van der Waals surface area (Å²) in [4.78, 5) is 13.2. The molecule has 19 heavy (non-hydrogen) atoms. The number of fused-ring (bicyclic) bond motifs is 1. The van der Waals surface area contributed by atoms with Crippen molar-refractivity contribution in [2.24, 2.45) is 0 Å². The largest absolute Gasteiger partial charge is 0.336 e. The van der Waals surface area contributed by atoms with Gasteiger partial charge in [0.2, 0.25) is 0 Å². The summed E-state index contributed by atoms with van der Waals surface area (Å²) in [6.45, 7) is 4.22. The van der Waals surface area contributed by atoms with Crippen LogP contribution < -0.4 is 10.6 Å². The molecule has 8 nitrogen and oxygen atoms in total. The van der Waals surface area contributed by atoms with Gasteiger partial charge in [0, 0.05) is 52.4 Å². The van der Waals surface area contributed by atoms with Gasteiger partial charge in [-0.1, -0.05) is 0 Å². The Morgan fingerprint density at radius 3 is 2.53 bits per heavy atom. The van der Waals surface area contributed by atoms with Gasteiger partial charge >= 0.3 is 6.03 Å². The Labute approximate surface area is 112 Å². The molecule has 3 heterocycles. The Hall–Kier alpha value is -0.900. The van der Waals surface area contributed by atoms with Crippen LogP contribution in [0, 0.1) is 0 Å². The van der Waals surface area contributed by atoms with E-state index in [1.165, 1.54) is 8.61 Å². The molecule has 3 aliphatic rings. The zero-order chi connectivity index (χ0) is 13.5. The summed E-state index contributed by atoms with van der Waals surface area (Å²) in [6.07, 6.45) is 0. The van der Waals surface area contributed by atoms with Gasteiger partial charge in [0.1, 0.15) is 0 Å². The van der Waals surface area contributed by atoms with Crippen molar-refractivity contribution in [2.45, 2.75) is 6.04 Å². The zero-order valence-corrected chi connectivity index (χ0v) is 11.5. The van der Waals surface area contributed by atoms with E-state index in [9.17, 15) is 13.2 Å². The number of piperazine rings is 2. The third-order valence-electron chi connectivity index (χ3n) is 3.92. The molecule has 0 bridgehead atoms. The van der Waals surface area contributed by atoms with Crippen LogP contribution in [-0.2, 0) is 10.2 Å². The predicted octanol–water partition coefficient (Wildman–Crippen LogP) is -2.15. The molecule has 3 fully saturated rings. The molecule has 0 saturated carbocycles. The first-order valence-corrected chi connectivity index (χ1v) is 7.99. The minimum Gasteiger partial charge on any atom is -0.336 e. The molecule has 0 aromatic rings. The summed E-state index contributed by atoms with van der Waals surface area (Å²) in [6, 6.07) is -0.108. The van der Waals surface area contributed by atoms with Crippen LogP contribution >= 0.6 is 0 Å². The summed E-state index contributed by atoms with van der Waals surface area (Å²) >= 11 is 0. The highest BCUT2D eigenvalue weighted by molar-refractivity contribution is 7.86. The second kappa shape index (κ2) is 4.89. The number of carbonyl (C=O) groups is 1. The molecule has 0 spiro atoms. The smallest absolute Gasteiger partial charge is 0.317 e. The molecule has 2 N–H and O–H groups in total. The normalized spacial score (nSPS) is 30.2. The van der Waals surface area contributed by atoms with Gasteiger partial charge in [-0.05, 0) is 0 Å². The fraction of sp³-hybridized carbons (Fsp3) is 0.900. The van der Waals surface area contributed by atoms with Gasteiger partial charge in [-0.2, -0.15) is 17.0 Å². The minimum absolute atomic E-state index is 0.0288. The standard InChI is InChI=1S/C10H19N5O3S/c16-10-12-7-9-8-14(5-6-15(9)10)19(17,18)13-3-1-11-2-4-13/h9,11H,1-8H2,(H,12,16). The van der Waals surface area contributed by atoms with Crippen LogP contribution in [-0.4, -0.2) is 86.4 Å². The van der Waals surface area contributed by atoms with Crippen LogP contribution in [0.2, 0.25) is 0 Å². The highest BCUT2D eigenvalue weighted by atomic mass is 32.2. The topological polar surface area (TPSA) is 85.0 Å². The molecule has 1 atom stereocenters. The van der Waals surface area contributed by atoms with E-state index >= 15 is 0 Å². The quantitative estimate of drug-likeness (QED) is 0.607. The van der Waals surface area contributed by atoms with Gasteiger partial charge < -0.3 is 15.5 Å². The summed E-state index contributed by atoms with van der Waals surface area (Å²) < 4.78 is 28.1. The van der Waals surface area contributed by atoms with Gasteiger partial charge in [0.25, 0.3) is 10.2 Å². The molecule has 0 aliphatic carbocycles. The molecule has 1 unspecified atom stereocenters. The SMILES string of the molecule is O=C1NCC2CN(S(=O)(=O)N3CCNCC3)CCN12. The molecule has 0 aromatic carbocycles. The number of urea groups is 1. The maximum Gasteiger partial charge on any atom is 0.317 e. The second-order valence-electron chi connectivity index (χ2n) is 5.05. The number of carbonyl (C=O) groups excluding carboxylic acids is 1. The number of nitrogens with one attached hydrogen (secondary N) is 2.